The first kappa shape index (κ1) is 23.8. The van der Waals surface area contributed by atoms with Gasteiger partial charge in [0.15, 0.2) is 6.10 Å². The van der Waals surface area contributed by atoms with Gasteiger partial charge in [-0.25, -0.2) is 9.59 Å². The van der Waals surface area contributed by atoms with Crippen molar-refractivity contribution in [2.45, 2.75) is 52.1 Å². The molecule has 0 fully saturated rings. The number of aliphatic carboxylic acids is 1. The van der Waals surface area contributed by atoms with E-state index in [0.717, 1.165) is 31.2 Å². The molecule has 1 unspecified atom stereocenters. The van der Waals surface area contributed by atoms with Gasteiger partial charge < -0.3 is 24.2 Å². The number of hydrogen-bond donors (Lipinski definition) is 1. The molecule has 0 radical (unpaired) electrons. The van der Waals surface area contributed by atoms with Crippen molar-refractivity contribution in [3.63, 3.8) is 0 Å². The predicted molar refractivity (Wildman–Crippen MR) is 107 cm³/mol. The third kappa shape index (κ3) is 9.08. The normalized spacial score (nSPS) is 11.7. The lowest BCUT2D eigenvalue weighted by atomic mass is 10.1. The maximum Gasteiger partial charge on any atom is 0.409 e. The molecule has 7 nitrogen and oxygen atoms in total. The van der Waals surface area contributed by atoms with E-state index in [1.54, 1.807) is 24.0 Å². The number of amides is 1. The average Bonchev–Trinajstić information content (AvgIpc) is 2.70. The average molecular weight is 395 g/mol. The molecule has 7 heteroatoms. The number of benzene rings is 1. The highest BCUT2D eigenvalue weighted by Crippen LogP contribution is 2.15. The van der Waals surface area contributed by atoms with E-state index in [9.17, 15) is 9.59 Å². The minimum absolute atomic E-state index is 0.303. The fourth-order valence-electron chi connectivity index (χ4n) is 2.78. The van der Waals surface area contributed by atoms with Crippen molar-refractivity contribution >= 4 is 12.1 Å². The molecule has 0 aliphatic heterocycles. The molecule has 0 spiro atoms. The Bertz CT molecular complexity index is 575. The van der Waals surface area contributed by atoms with Crippen molar-refractivity contribution in [3.8, 4) is 5.75 Å². The highest BCUT2D eigenvalue weighted by molar-refractivity contribution is 5.72. The Labute approximate surface area is 167 Å². The maximum absolute atomic E-state index is 11.9. The van der Waals surface area contributed by atoms with Crippen molar-refractivity contribution < 1.29 is 28.9 Å². The van der Waals surface area contributed by atoms with Gasteiger partial charge in [0, 0.05) is 19.6 Å². The van der Waals surface area contributed by atoms with Crippen LogP contribution in [0.25, 0.3) is 0 Å². The molecule has 0 aliphatic carbocycles. The van der Waals surface area contributed by atoms with Crippen LogP contribution >= 0.6 is 0 Å². The second-order valence-corrected chi connectivity index (χ2v) is 6.50. The first-order valence-electron chi connectivity index (χ1n) is 9.90. The SMILES string of the molecule is CCCCCCN(CCOc1ccc(CC(OCC)C(=O)O)cc1)C(=O)OC. The van der Waals surface area contributed by atoms with Crippen LogP contribution < -0.4 is 4.74 Å². The number of hydrogen-bond acceptors (Lipinski definition) is 5. The second kappa shape index (κ2) is 13.8. The Morgan fingerprint density at radius 1 is 1.07 bits per heavy atom. The summed E-state index contributed by atoms with van der Waals surface area (Å²) in [6, 6.07) is 7.24. The van der Waals surface area contributed by atoms with Gasteiger partial charge >= 0.3 is 12.1 Å². The first-order chi connectivity index (χ1) is 13.5. The third-order valence-corrected chi connectivity index (χ3v) is 4.33. The van der Waals surface area contributed by atoms with Crippen LogP contribution in [0.2, 0.25) is 0 Å². The predicted octanol–water partition coefficient (Wildman–Crippen LogP) is 3.75. The van der Waals surface area contributed by atoms with Gasteiger partial charge in [0.1, 0.15) is 12.4 Å². The molecule has 1 aromatic carbocycles. The Balaban J connectivity index is 2.47. The second-order valence-electron chi connectivity index (χ2n) is 6.50. The van der Waals surface area contributed by atoms with Crippen molar-refractivity contribution in [1.82, 2.24) is 4.90 Å². The van der Waals surface area contributed by atoms with Crippen LogP contribution in [-0.2, 0) is 20.7 Å². The fourth-order valence-corrected chi connectivity index (χ4v) is 2.78. The highest BCUT2D eigenvalue weighted by atomic mass is 16.5. The van der Waals surface area contributed by atoms with Gasteiger partial charge in [-0.1, -0.05) is 38.3 Å². The minimum atomic E-state index is -0.969. The Kier molecular flexibility index (Phi) is 11.7. The van der Waals surface area contributed by atoms with Crippen LogP contribution in [0, 0.1) is 0 Å². The number of methoxy groups -OCH3 is 1. The molecule has 1 amide bonds. The summed E-state index contributed by atoms with van der Waals surface area (Å²) in [5.74, 6) is -0.299. The lowest BCUT2D eigenvalue weighted by Crippen LogP contribution is -2.35. The molecule has 0 saturated carbocycles. The van der Waals surface area contributed by atoms with Crippen LogP contribution in [0.1, 0.15) is 45.1 Å². The van der Waals surface area contributed by atoms with Gasteiger partial charge in [-0.2, -0.15) is 0 Å². The molecule has 28 heavy (non-hydrogen) atoms. The molecule has 0 aromatic heterocycles. The number of unbranched alkanes of at least 4 members (excludes halogenated alkanes) is 3. The van der Waals surface area contributed by atoms with Crippen molar-refractivity contribution in [2.24, 2.45) is 0 Å². The summed E-state index contributed by atoms with van der Waals surface area (Å²) in [5, 5.41) is 9.15. The lowest BCUT2D eigenvalue weighted by Gasteiger charge is -2.21. The third-order valence-electron chi connectivity index (χ3n) is 4.33. The van der Waals surface area contributed by atoms with Crippen LogP contribution in [0.4, 0.5) is 4.79 Å². The molecule has 0 saturated heterocycles. The number of nitrogens with zero attached hydrogens (tertiary/aromatic N) is 1. The van der Waals surface area contributed by atoms with E-state index < -0.39 is 12.1 Å². The number of carbonyl (C=O) groups is 2. The van der Waals surface area contributed by atoms with E-state index in [1.165, 1.54) is 7.11 Å². The molecule has 1 N–H and O–H groups in total. The first-order valence-corrected chi connectivity index (χ1v) is 9.90. The topological polar surface area (TPSA) is 85.3 Å². The summed E-state index contributed by atoms with van der Waals surface area (Å²) in [5.41, 5.74) is 0.861. The van der Waals surface area contributed by atoms with E-state index in [2.05, 4.69) is 6.92 Å². The number of carboxylic acid groups (broad SMARTS) is 1. The van der Waals surface area contributed by atoms with Gasteiger partial charge in [0.05, 0.1) is 13.7 Å². The molecular weight excluding hydrogens is 362 g/mol. The van der Waals surface area contributed by atoms with E-state index in [1.807, 2.05) is 12.1 Å². The zero-order valence-electron chi connectivity index (χ0n) is 17.2. The lowest BCUT2D eigenvalue weighted by molar-refractivity contribution is -0.149. The largest absolute Gasteiger partial charge is 0.492 e. The maximum atomic E-state index is 11.9. The summed E-state index contributed by atoms with van der Waals surface area (Å²) < 4.78 is 15.8. The van der Waals surface area contributed by atoms with E-state index in [4.69, 9.17) is 19.3 Å². The smallest absolute Gasteiger partial charge is 0.409 e. The monoisotopic (exact) mass is 395 g/mol. The Hall–Kier alpha value is -2.28. The summed E-state index contributed by atoms with van der Waals surface area (Å²) in [4.78, 5) is 24.7. The van der Waals surface area contributed by atoms with Crippen molar-refractivity contribution in [3.05, 3.63) is 29.8 Å². The van der Waals surface area contributed by atoms with Crippen LogP contribution in [0.5, 0.6) is 5.75 Å². The summed E-state index contributed by atoms with van der Waals surface area (Å²) >= 11 is 0. The van der Waals surface area contributed by atoms with Crippen LogP contribution in [-0.4, -0.2) is 61.6 Å². The van der Waals surface area contributed by atoms with Gasteiger partial charge in [0.25, 0.3) is 0 Å². The number of carboxylic acids is 1. The number of rotatable bonds is 14. The Morgan fingerprint density at radius 3 is 2.36 bits per heavy atom. The number of ether oxygens (including phenoxy) is 3. The van der Waals surface area contributed by atoms with Crippen molar-refractivity contribution in [1.29, 1.82) is 0 Å². The summed E-state index contributed by atoms with van der Waals surface area (Å²) in [6.07, 6.45) is 3.45. The van der Waals surface area contributed by atoms with Gasteiger partial charge in [-0.05, 0) is 31.0 Å². The van der Waals surface area contributed by atoms with E-state index in [-0.39, 0.29) is 6.09 Å². The molecular formula is C21H33NO6. The van der Waals surface area contributed by atoms with Crippen molar-refractivity contribution in [2.75, 3.05) is 33.4 Å². The fraction of sp³-hybridized carbons (Fsp3) is 0.619. The van der Waals surface area contributed by atoms with Gasteiger partial charge in [0.2, 0.25) is 0 Å². The van der Waals surface area contributed by atoms with E-state index >= 15 is 0 Å². The van der Waals surface area contributed by atoms with Gasteiger partial charge in [-0.3, -0.25) is 0 Å². The van der Waals surface area contributed by atoms with Gasteiger partial charge in [-0.15, -0.1) is 0 Å². The zero-order chi connectivity index (χ0) is 20.8. The number of carbonyl (C=O) groups excluding carboxylic acids is 1. The molecule has 158 valence electrons. The summed E-state index contributed by atoms with van der Waals surface area (Å²) in [6.45, 7) is 5.74. The molecule has 0 aliphatic rings. The van der Waals surface area contributed by atoms with Crippen LogP contribution in [0.3, 0.4) is 0 Å². The molecule has 1 rings (SSSR count). The zero-order valence-corrected chi connectivity index (χ0v) is 17.2. The molecule has 0 bridgehead atoms. The minimum Gasteiger partial charge on any atom is -0.492 e. The quantitative estimate of drug-likeness (QED) is 0.483. The standard InChI is InChI=1S/C21H33NO6/c1-4-6-7-8-13-22(21(25)26-3)14-15-28-18-11-9-17(10-12-18)16-19(20(23)24)27-5-2/h9-12,19H,4-8,13-16H2,1-3H3,(H,23,24). The van der Waals surface area contributed by atoms with E-state index in [0.29, 0.717) is 38.5 Å². The molecule has 1 aromatic rings. The van der Waals surface area contributed by atoms with Crippen LogP contribution in [0.15, 0.2) is 24.3 Å². The molecule has 0 heterocycles. The Morgan fingerprint density at radius 2 is 1.79 bits per heavy atom. The summed E-state index contributed by atoms with van der Waals surface area (Å²) in [7, 11) is 1.38. The highest BCUT2D eigenvalue weighted by Gasteiger charge is 2.18. The molecule has 1 atom stereocenters.